The average Bonchev–Trinajstić information content (AvgIpc) is 2.34. The lowest BCUT2D eigenvalue weighted by molar-refractivity contribution is 0.0802. The first-order chi connectivity index (χ1) is 8.06. The van der Waals surface area contributed by atoms with Crippen LogP contribution in [0.4, 0.5) is 5.69 Å². The van der Waals surface area contributed by atoms with Crippen LogP contribution in [0.5, 0.6) is 0 Å². The molecule has 0 bridgehead atoms. The second-order valence-corrected chi connectivity index (χ2v) is 3.55. The van der Waals surface area contributed by atoms with Crippen molar-refractivity contribution in [2.75, 3.05) is 18.9 Å². The maximum Gasteiger partial charge on any atom is 0.251 e. The molecule has 6 heteroatoms. The molecular formula is C11H14N2O4. The molecule has 0 fully saturated rings. The normalized spacial score (nSPS) is 11.9. The molecule has 1 amide bonds. The summed E-state index contributed by atoms with van der Waals surface area (Å²) in [5, 5.41) is 20.0. The Morgan fingerprint density at radius 3 is 2.76 bits per heavy atom. The van der Waals surface area contributed by atoms with E-state index in [0.29, 0.717) is 17.5 Å². The molecule has 6 nitrogen and oxygen atoms in total. The number of anilines is 1. The third kappa shape index (κ3) is 3.86. The van der Waals surface area contributed by atoms with E-state index in [1.54, 1.807) is 0 Å². The Bertz CT molecular complexity index is 420. The first-order valence-electron chi connectivity index (χ1n) is 4.99. The van der Waals surface area contributed by atoms with Crippen molar-refractivity contribution in [3.05, 3.63) is 29.3 Å². The minimum atomic E-state index is -1.01. The van der Waals surface area contributed by atoms with Gasteiger partial charge in [-0.2, -0.15) is 0 Å². The topological polar surface area (TPSA) is 113 Å². The highest BCUT2D eigenvalue weighted by Gasteiger charge is 2.09. The number of hydrogen-bond donors (Lipinski definition) is 4. The van der Waals surface area contributed by atoms with E-state index in [1.807, 2.05) is 0 Å². The largest absolute Gasteiger partial charge is 0.399 e. The molecular weight excluding hydrogens is 224 g/mol. The van der Waals surface area contributed by atoms with Gasteiger partial charge in [0.05, 0.1) is 12.7 Å². The maximum absolute atomic E-state index is 11.6. The van der Waals surface area contributed by atoms with Gasteiger partial charge in [-0.1, -0.05) is 0 Å². The SMILES string of the molecule is Nc1cc(C=O)cc(C(=O)NCC(O)CO)c1. The fraction of sp³-hybridized carbons (Fsp3) is 0.273. The van der Waals surface area contributed by atoms with Gasteiger partial charge in [0, 0.05) is 23.4 Å². The van der Waals surface area contributed by atoms with Crippen molar-refractivity contribution in [1.82, 2.24) is 5.32 Å². The van der Waals surface area contributed by atoms with E-state index in [9.17, 15) is 9.59 Å². The van der Waals surface area contributed by atoms with Gasteiger partial charge in [0.15, 0.2) is 0 Å². The molecule has 0 radical (unpaired) electrons. The van der Waals surface area contributed by atoms with E-state index >= 15 is 0 Å². The number of aldehydes is 1. The molecule has 0 aromatic heterocycles. The number of aliphatic hydroxyl groups excluding tert-OH is 2. The fourth-order valence-electron chi connectivity index (χ4n) is 1.25. The van der Waals surface area contributed by atoms with Gasteiger partial charge < -0.3 is 21.3 Å². The van der Waals surface area contributed by atoms with Crippen LogP contribution >= 0.6 is 0 Å². The predicted octanol–water partition coefficient (Wildman–Crippen LogP) is -0.836. The summed E-state index contributed by atoms with van der Waals surface area (Å²) < 4.78 is 0. The molecule has 5 N–H and O–H groups in total. The molecule has 0 spiro atoms. The highest BCUT2D eigenvalue weighted by atomic mass is 16.3. The Labute approximate surface area is 98.1 Å². The minimum absolute atomic E-state index is 0.0689. The smallest absolute Gasteiger partial charge is 0.251 e. The number of nitrogens with one attached hydrogen (secondary N) is 1. The number of amides is 1. The van der Waals surface area contributed by atoms with Crippen LogP contribution in [0.15, 0.2) is 18.2 Å². The molecule has 1 unspecified atom stereocenters. The number of carbonyl (C=O) groups is 2. The van der Waals surface area contributed by atoms with Crippen LogP contribution in [-0.4, -0.2) is 41.7 Å². The lowest BCUT2D eigenvalue weighted by Crippen LogP contribution is -2.33. The van der Waals surface area contributed by atoms with E-state index in [-0.39, 0.29) is 12.1 Å². The molecule has 1 aromatic carbocycles. The molecule has 0 aliphatic rings. The molecule has 0 saturated heterocycles. The van der Waals surface area contributed by atoms with Crippen molar-refractivity contribution in [1.29, 1.82) is 0 Å². The number of benzene rings is 1. The zero-order valence-electron chi connectivity index (χ0n) is 9.09. The first kappa shape index (κ1) is 13.1. The Morgan fingerprint density at radius 2 is 2.18 bits per heavy atom. The molecule has 92 valence electrons. The standard InChI is InChI=1S/C11H14N2O4/c12-9-2-7(5-14)1-8(3-9)11(17)13-4-10(16)6-15/h1-3,5,10,15-16H,4,6,12H2,(H,13,17). The number of carbonyl (C=O) groups excluding carboxylic acids is 2. The van der Waals surface area contributed by atoms with Crippen molar-refractivity contribution in [2.45, 2.75) is 6.10 Å². The number of nitrogen functional groups attached to an aromatic ring is 1. The second kappa shape index (κ2) is 5.97. The van der Waals surface area contributed by atoms with Gasteiger partial charge in [0.25, 0.3) is 5.91 Å². The summed E-state index contributed by atoms with van der Waals surface area (Å²) in [4.78, 5) is 22.2. The number of nitrogens with two attached hydrogens (primary N) is 1. The lowest BCUT2D eigenvalue weighted by Gasteiger charge is -2.09. The maximum atomic E-state index is 11.6. The summed E-state index contributed by atoms with van der Waals surface area (Å²) in [6.07, 6.45) is -0.416. The number of rotatable bonds is 5. The van der Waals surface area contributed by atoms with E-state index in [4.69, 9.17) is 15.9 Å². The summed E-state index contributed by atoms with van der Waals surface area (Å²) in [5.41, 5.74) is 6.37. The van der Waals surface area contributed by atoms with Gasteiger partial charge in [0.1, 0.15) is 6.29 Å². The van der Waals surface area contributed by atoms with Gasteiger partial charge in [-0.15, -0.1) is 0 Å². The quantitative estimate of drug-likeness (QED) is 0.395. The molecule has 0 saturated carbocycles. The first-order valence-corrected chi connectivity index (χ1v) is 4.99. The Hall–Kier alpha value is -1.92. The summed E-state index contributed by atoms with van der Waals surface area (Å²) >= 11 is 0. The minimum Gasteiger partial charge on any atom is -0.399 e. The molecule has 0 aliphatic carbocycles. The van der Waals surface area contributed by atoms with E-state index in [2.05, 4.69) is 5.32 Å². The second-order valence-electron chi connectivity index (χ2n) is 3.55. The van der Waals surface area contributed by atoms with E-state index in [1.165, 1.54) is 18.2 Å². The van der Waals surface area contributed by atoms with Gasteiger partial charge in [-0.05, 0) is 18.2 Å². The van der Waals surface area contributed by atoms with Gasteiger partial charge in [0.2, 0.25) is 0 Å². The monoisotopic (exact) mass is 238 g/mol. The summed E-state index contributed by atoms with van der Waals surface area (Å²) in [6, 6.07) is 4.27. The molecule has 17 heavy (non-hydrogen) atoms. The summed E-state index contributed by atoms with van der Waals surface area (Å²) in [6.45, 7) is -0.503. The zero-order valence-corrected chi connectivity index (χ0v) is 9.09. The van der Waals surface area contributed by atoms with Crippen LogP contribution in [0.2, 0.25) is 0 Å². The van der Waals surface area contributed by atoms with E-state index in [0.717, 1.165) is 0 Å². The summed E-state index contributed by atoms with van der Waals surface area (Å²) in [7, 11) is 0. The lowest BCUT2D eigenvalue weighted by atomic mass is 10.1. The summed E-state index contributed by atoms with van der Waals surface area (Å²) in [5.74, 6) is -0.465. The van der Waals surface area contributed by atoms with Crippen molar-refractivity contribution in [3.8, 4) is 0 Å². The van der Waals surface area contributed by atoms with Crippen molar-refractivity contribution in [2.24, 2.45) is 0 Å². The zero-order chi connectivity index (χ0) is 12.8. The van der Waals surface area contributed by atoms with Gasteiger partial charge in [-0.3, -0.25) is 9.59 Å². The van der Waals surface area contributed by atoms with Gasteiger partial charge in [-0.25, -0.2) is 0 Å². The van der Waals surface area contributed by atoms with Crippen molar-refractivity contribution >= 4 is 17.9 Å². The molecule has 1 rings (SSSR count). The van der Waals surface area contributed by atoms with Crippen molar-refractivity contribution < 1.29 is 19.8 Å². The Kier molecular flexibility index (Phi) is 4.62. The molecule has 1 atom stereocenters. The van der Waals surface area contributed by atoms with Crippen LogP contribution in [0, 0.1) is 0 Å². The van der Waals surface area contributed by atoms with Crippen molar-refractivity contribution in [3.63, 3.8) is 0 Å². The van der Waals surface area contributed by atoms with Crippen LogP contribution in [0.3, 0.4) is 0 Å². The van der Waals surface area contributed by atoms with Gasteiger partial charge >= 0.3 is 0 Å². The third-order valence-electron chi connectivity index (χ3n) is 2.08. The number of aliphatic hydroxyl groups is 2. The van der Waals surface area contributed by atoms with E-state index < -0.39 is 18.6 Å². The molecule has 0 heterocycles. The van der Waals surface area contributed by atoms with Crippen LogP contribution in [0.1, 0.15) is 20.7 Å². The highest BCUT2D eigenvalue weighted by molar-refractivity contribution is 5.96. The average molecular weight is 238 g/mol. The Balaban J connectivity index is 2.75. The number of hydrogen-bond acceptors (Lipinski definition) is 5. The predicted molar refractivity (Wildman–Crippen MR) is 61.7 cm³/mol. The third-order valence-corrected chi connectivity index (χ3v) is 2.08. The fourth-order valence-corrected chi connectivity index (χ4v) is 1.25. The van der Waals surface area contributed by atoms with Crippen LogP contribution in [0.25, 0.3) is 0 Å². The highest BCUT2D eigenvalue weighted by Crippen LogP contribution is 2.10. The molecule has 0 aliphatic heterocycles. The molecule has 1 aromatic rings. The van der Waals surface area contributed by atoms with Crippen LogP contribution < -0.4 is 11.1 Å². The van der Waals surface area contributed by atoms with Crippen LogP contribution in [-0.2, 0) is 0 Å². The Morgan fingerprint density at radius 1 is 1.47 bits per heavy atom.